The summed E-state index contributed by atoms with van der Waals surface area (Å²) in [6.07, 6.45) is 3.65. The fraction of sp³-hybridized carbons (Fsp3) is 0.167. The van der Waals surface area contributed by atoms with Crippen molar-refractivity contribution in [1.29, 1.82) is 0 Å². The van der Waals surface area contributed by atoms with E-state index in [-0.39, 0.29) is 0 Å². The second-order valence-electron chi connectivity index (χ2n) is 1.53. The Morgan fingerprint density at radius 1 is 1.67 bits per heavy atom. The largest absolute Gasteiger partial charge is 0.231 e. The second-order valence-corrected chi connectivity index (χ2v) is 2.31. The first kappa shape index (κ1) is 6.55. The summed E-state index contributed by atoms with van der Waals surface area (Å²) >= 11 is 1.52. The van der Waals surface area contributed by atoms with E-state index in [1.807, 2.05) is 6.26 Å². The lowest BCUT2D eigenvalue weighted by atomic mass is 10.5. The zero-order chi connectivity index (χ0) is 6.69. The molecule has 1 rings (SSSR count). The molecule has 0 N–H and O–H groups in total. The number of aromatic nitrogens is 2. The van der Waals surface area contributed by atoms with Gasteiger partial charge in [-0.25, -0.2) is 9.97 Å². The number of rotatable bonds is 1. The summed E-state index contributed by atoms with van der Waals surface area (Å²) in [6, 6.07) is 1.78. The monoisotopic (exact) mass is 139 g/mol. The molecular formula is C6H7N2S. The minimum Gasteiger partial charge on any atom is -0.231 e. The summed E-state index contributed by atoms with van der Waals surface area (Å²) in [7, 11) is 0. The Morgan fingerprint density at radius 2 is 2.44 bits per heavy atom. The molecule has 1 aromatic rings. The van der Waals surface area contributed by atoms with Crippen molar-refractivity contribution >= 4 is 11.8 Å². The maximum absolute atomic E-state index is 4.03. The van der Waals surface area contributed by atoms with Crippen LogP contribution in [0.4, 0.5) is 0 Å². The van der Waals surface area contributed by atoms with E-state index in [4.69, 9.17) is 0 Å². The Morgan fingerprint density at radius 3 is 2.89 bits per heavy atom. The Labute approximate surface area is 58.7 Å². The normalized spacial score (nSPS) is 9.56. The molecule has 1 aromatic heterocycles. The van der Waals surface area contributed by atoms with Gasteiger partial charge in [-0.3, -0.25) is 0 Å². The predicted molar refractivity (Wildman–Crippen MR) is 38.3 cm³/mol. The standard InChI is InChI=1S/C6H7N2S/c1-5-3-4-7-6(8-5)9-2/h3-4H,1H2,2H3. The maximum atomic E-state index is 4.03. The van der Waals surface area contributed by atoms with Gasteiger partial charge in [-0.2, -0.15) is 0 Å². The van der Waals surface area contributed by atoms with E-state index in [2.05, 4.69) is 16.9 Å². The van der Waals surface area contributed by atoms with Crippen molar-refractivity contribution in [2.24, 2.45) is 0 Å². The van der Waals surface area contributed by atoms with Gasteiger partial charge in [0.25, 0.3) is 0 Å². The lowest BCUT2D eigenvalue weighted by Gasteiger charge is -1.92. The van der Waals surface area contributed by atoms with E-state index in [9.17, 15) is 0 Å². The van der Waals surface area contributed by atoms with Gasteiger partial charge in [-0.15, -0.1) is 0 Å². The maximum Gasteiger partial charge on any atom is 0.187 e. The van der Waals surface area contributed by atoms with Crippen molar-refractivity contribution in [1.82, 2.24) is 9.97 Å². The van der Waals surface area contributed by atoms with E-state index in [1.54, 1.807) is 12.3 Å². The van der Waals surface area contributed by atoms with Crippen LogP contribution in [0.5, 0.6) is 0 Å². The zero-order valence-electron chi connectivity index (χ0n) is 5.16. The minimum absolute atomic E-state index is 0.773. The molecule has 0 unspecified atom stereocenters. The van der Waals surface area contributed by atoms with Crippen LogP contribution in [-0.2, 0) is 0 Å². The summed E-state index contributed by atoms with van der Waals surface area (Å²) in [5.74, 6) is 0. The molecule has 0 aliphatic heterocycles. The molecule has 0 saturated carbocycles. The van der Waals surface area contributed by atoms with Gasteiger partial charge in [-0.05, 0) is 19.2 Å². The highest BCUT2D eigenvalue weighted by atomic mass is 32.2. The van der Waals surface area contributed by atoms with E-state index >= 15 is 0 Å². The molecule has 0 aliphatic rings. The van der Waals surface area contributed by atoms with Crippen LogP contribution in [0.3, 0.4) is 0 Å². The van der Waals surface area contributed by atoms with Crippen LogP contribution in [-0.4, -0.2) is 16.2 Å². The Kier molecular flexibility index (Phi) is 2.05. The quantitative estimate of drug-likeness (QED) is 0.434. The highest BCUT2D eigenvalue weighted by Gasteiger charge is 1.89. The number of thioether (sulfide) groups is 1. The highest BCUT2D eigenvalue weighted by Crippen LogP contribution is 2.05. The summed E-state index contributed by atoms with van der Waals surface area (Å²) in [5, 5.41) is 0.780. The third-order valence-electron chi connectivity index (χ3n) is 0.874. The first-order valence-corrected chi connectivity index (χ1v) is 3.74. The van der Waals surface area contributed by atoms with Gasteiger partial charge in [0.2, 0.25) is 0 Å². The topological polar surface area (TPSA) is 25.8 Å². The molecule has 0 fully saturated rings. The first-order chi connectivity index (χ1) is 4.33. The van der Waals surface area contributed by atoms with Crippen LogP contribution < -0.4 is 0 Å². The summed E-state index contributed by atoms with van der Waals surface area (Å²) < 4.78 is 0. The Bertz CT molecular complexity index is 200. The van der Waals surface area contributed by atoms with E-state index in [1.165, 1.54) is 11.8 Å². The lowest BCUT2D eigenvalue weighted by molar-refractivity contribution is 0.953. The molecule has 3 heteroatoms. The molecule has 0 spiro atoms. The van der Waals surface area contributed by atoms with Gasteiger partial charge >= 0.3 is 0 Å². The molecule has 0 amide bonds. The van der Waals surface area contributed by atoms with Crippen molar-refractivity contribution in [3.8, 4) is 0 Å². The molecule has 2 nitrogen and oxygen atoms in total. The van der Waals surface area contributed by atoms with Crippen molar-refractivity contribution in [2.75, 3.05) is 6.26 Å². The average Bonchev–Trinajstić information content (AvgIpc) is 1.88. The minimum atomic E-state index is 0.773. The molecule has 0 bridgehead atoms. The van der Waals surface area contributed by atoms with Crippen LogP contribution in [0.25, 0.3) is 0 Å². The van der Waals surface area contributed by atoms with Crippen LogP contribution in [0.1, 0.15) is 5.69 Å². The zero-order valence-corrected chi connectivity index (χ0v) is 5.98. The van der Waals surface area contributed by atoms with Gasteiger partial charge in [0.05, 0.1) is 0 Å². The van der Waals surface area contributed by atoms with Crippen molar-refractivity contribution in [3.63, 3.8) is 0 Å². The van der Waals surface area contributed by atoms with Crippen molar-refractivity contribution in [3.05, 3.63) is 24.9 Å². The van der Waals surface area contributed by atoms with E-state index in [0.717, 1.165) is 10.9 Å². The van der Waals surface area contributed by atoms with Gasteiger partial charge in [0.1, 0.15) is 0 Å². The SMILES string of the molecule is [CH2]c1ccnc(SC)n1. The highest BCUT2D eigenvalue weighted by molar-refractivity contribution is 7.98. The Hall–Kier alpha value is -0.570. The molecular weight excluding hydrogens is 132 g/mol. The van der Waals surface area contributed by atoms with E-state index < -0.39 is 0 Å². The van der Waals surface area contributed by atoms with Gasteiger partial charge in [0.15, 0.2) is 5.16 Å². The summed E-state index contributed by atoms with van der Waals surface area (Å²) in [4.78, 5) is 8.00. The van der Waals surface area contributed by atoms with Crippen LogP contribution >= 0.6 is 11.8 Å². The second kappa shape index (κ2) is 2.82. The Balaban J connectivity index is 2.94. The molecule has 9 heavy (non-hydrogen) atoms. The van der Waals surface area contributed by atoms with Crippen molar-refractivity contribution < 1.29 is 0 Å². The molecule has 0 aromatic carbocycles. The average molecular weight is 139 g/mol. The first-order valence-electron chi connectivity index (χ1n) is 2.52. The fourth-order valence-corrected chi connectivity index (χ4v) is 0.849. The number of hydrogen-bond donors (Lipinski definition) is 0. The van der Waals surface area contributed by atoms with Gasteiger partial charge in [-0.1, -0.05) is 11.8 Å². The molecule has 0 saturated heterocycles. The molecule has 1 radical (unpaired) electrons. The third kappa shape index (κ3) is 1.68. The van der Waals surface area contributed by atoms with Crippen LogP contribution in [0.15, 0.2) is 17.4 Å². The fourth-order valence-electron chi connectivity index (χ4n) is 0.474. The molecule has 1 heterocycles. The molecule has 0 atom stereocenters. The third-order valence-corrected chi connectivity index (χ3v) is 1.44. The van der Waals surface area contributed by atoms with Gasteiger partial charge < -0.3 is 0 Å². The molecule has 0 aliphatic carbocycles. The predicted octanol–water partition coefficient (Wildman–Crippen LogP) is 1.38. The van der Waals surface area contributed by atoms with Gasteiger partial charge in [0, 0.05) is 11.9 Å². The van der Waals surface area contributed by atoms with Crippen LogP contribution in [0.2, 0.25) is 0 Å². The smallest absolute Gasteiger partial charge is 0.187 e. The van der Waals surface area contributed by atoms with Crippen molar-refractivity contribution in [2.45, 2.75) is 5.16 Å². The van der Waals surface area contributed by atoms with E-state index in [0.29, 0.717) is 0 Å². The molecule has 47 valence electrons. The summed E-state index contributed by atoms with van der Waals surface area (Å²) in [6.45, 7) is 3.66. The number of hydrogen-bond acceptors (Lipinski definition) is 3. The summed E-state index contributed by atoms with van der Waals surface area (Å²) in [5.41, 5.74) is 0.773. The lowest BCUT2D eigenvalue weighted by Crippen LogP contribution is -1.85. The van der Waals surface area contributed by atoms with Crippen LogP contribution in [0, 0.1) is 6.92 Å². The number of nitrogens with zero attached hydrogens (tertiary/aromatic N) is 2.